The smallest absolute Gasteiger partial charge is 0.344 e. The molecule has 12 bridgehead atoms. The van der Waals surface area contributed by atoms with E-state index in [1.54, 1.807) is 27.7 Å². The molecule has 6 saturated carbocycles. The zero-order chi connectivity index (χ0) is 54.7. The Morgan fingerprint density at radius 3 is 1.16 bits per heavy atom. The summed E-state index contributed by atoms with van der Waals surface area (Å²) in [6, 6.07) is 0. The number of hydrogen-bond donors (Lipinski definition) is 0. The Hall–Kier alpha value is -4.81. The van der Waals surface area contributed by atoms with Gasteiger partial charge in [-0.2, -0.15) is 0 Å². The number of fused-ring (bicyclic) bond motifs is 3. The summed E-state index contributed by atoms with van der Waals surface area (Å²) in [5.41, 5.74) is -3.35. The molecule has 12 aliphatic rings. The van der Waals surface area contributed by atoms with Gasteiger partial charge in [-0.3, -0.25) is 28.8 Å². The summed E-state index contributed by atoms with van der Waals surface area (Å²) in [6.45, 7) is 15.7. The highest BCUT2D eigenvalue weighted by atomic mass is 16.6. The molecule has 12 atom stereocenters. The second-order valence-corrected chi connectivity index (χ2v) is 25.1. The Kier molecular flexibility index (Phi) is 17.8. The molecule has 0 aromatic carbocycles. The van der Waals surface area contributed by atoms with Crippen LogP contribution in [0.4, 0.5) is 0 Å². The molecule has 19 heteroatoms. The van der Waals surface area contributed by atoms with Crippen molar-refractivity contribution in [2.45, 2.75) is 213 Å². The maximum atomic E-state index is 12.2. The predicted molar refractivity (Wildman–Crippen MR) is 262 cm³/mol. The van der Waals surface area contributed by atoms with Crippen molar-refractivity contribution in [2.24, 2.45) is 51.8 Å². The summed E-state index contributed by atoms with van der Waals surface area (Å²) in [7, 11) is 0. The van der Waals surface area contributed by atoms with E-state index in [0.29, 0.717) is 69.3 Å². The molecule has 6 saturated heterocycles. The molecule has 19 nitrogen and oxygen atoms in total. The van der Waals surface area contributed by atoms with Crippen LogP contribution in [0.25, 0.3) is 0 Å². The van der Waals surface area contributed by atoms with Gasteiger partial charge in [-0.05, 0) is 143 Å². The van der Waals surface area contributed by atoms with Gasteiger partial charge < -0.3 is 47.4 Å². The average Bonchev–Trinajstić information content (AvgIpc) is 3.70. The molecular weight excluding hydrogens is 977 g/mol. The monoisotopic (exact) mass is 1060 g/mol. The summed E-state index contributed by atoms with van der Waals surface area (Å²) in [5, 5.41) is 0. The molecule has 12 unspecified atom stereocenters. The van der Waals surface area contributed by atoms with Gasteiger partial charge in [0.15, 0.2) is 19.8 Å². The molecule has 0 radical (unpaired) electrons. The molecule has 0 aromatic heterocycles. The number of carbonyl (C=O) groups excluding carboxylic acids is 9. The minimum atomic E-state index is -0.807. The maximum absolute atomic E-state index is 12.2. The first-order valence-corrected chi connectivity index (χ1v) is 27.6. The Bertz CT molecular complexity index is 2180. The zero-order valence-electron chi connectivity index (χ0n) is 45.7. The lowest BCUT2D eigenvalue weighted by atomic mass is 9.65. The predicted octanol–water partition coefficient (Wildman–Crippen LogP) is 7.17. The quantitative estimate of drug-likeness (QED) is 0.0750. The largest absolute Gasteiger partial charge is 0.463 e. The summed E-state index contributed by atoms with van der Waals surface area (Å²) in [4.78, 5) is 108. The lowest BCUT2D eigenvalue weighted by molar-refractivity contribution is -0.183. The number of esters is 9. The van der Waals surface area contributed by atoms with Gasteiger partial charge >= 0.3 is 53.7 Å². The van der Waals surface area contributed by atoms with Crippen molar-refractivity contribution in [1.29, 1.82) is 0 Å². The topological polar surface area (TPSA) is 246 Å². The first-order chi connectivity index (χ1) is 35.2. The minimum absolute atomic E-state index is 0.00956. The van der Waals surface area contributed by atoms with Crippen LogP contribution in [0.1, 0.15) is 178 Å². The van der Waals surface area contributed by atoms with Gasteiger partial charge in [0, 0.05) is 32.1 Å². The van der Waals surface area contributed by atoms with E-state index in [4.69, 9.17) is 47.4 Å². The summed E-state index contributed by atoms with van der Waals surface area (Å²) >= 11 is 0. The summed E-state index contributed by atoms with van der Waals surface area (Å²) in [5.74, 6) is -2.70. The van der Waals surface area contributed by atoms with Gasteiger partial charge in [-0.1, -0.05) is 20.8 Å². The fraction of sp³-hybridized carbons (Fsp3) is 0.839. The van der Waals surface area contributed by atoms with Crippen molar-refractivity contribution >= 4 is 53.7 Å². The molecule has 12 fully saturated rings. The maximum Gasteiger partial charge on any atom is 0.344 e. The molecule has 12 rings (SSSR count). The van der Waals surface area contributed by atoms with Gasteiger partial charge in [-0.15, -0.1) is 0 Å². The minimum Gasteiger partial charge on any atom is -0.463 e. The fourth-order valence-corrected chi connectivity index (χ4v) is 12.9. The van der Waals surface area contributed by atoms with E-state index >= 15 is 0 Å². The molecular formula is C56H82O19. The highest BCUT2D eigenvalue weighted by Crippen LogP contribution is 2.54. The first-order valence-electron chi connectivity index (χ1n) is 27.6. The summed E-state index contributed by atoms with van der Waals surface area (Å²) in [6.07, 6.45) is 12.9. The number of rotatable bonds is 18. The number of carbonyl (C=O) groups is 9. The molecule has 6 aliphatic heterocycles. The third kappa shape index (κ3) is 14.2. The Morgan fingerprint density at radius 1 is 0.427 bits per heavy atom. The third-order valence-electron chi connectivity index (χ3n) is 17.8. The summed E-state index contributed by atoms with van der Waals surface area (Å²) < 4.78 is 54.3. The molecule has 0 aromatic rings. The van der Waals surface area contributed by atoms with Crippen molar-refractivity contribution in [3.05, 3.63) is 0 Å². The highest BCUT2D eigenvalue weighted by molar-refractivity contribution is 5.82. The lowest BCUT2D eigenvalue weighted by Crippen LogP contribution is -2.48. The van der Waals surface area contributed by atoms with Crippen molar-refractivity contribution in [3.8, 4) is 0 Å². The highest BCUT2D eigenvalue weighted by Gasteiger charge is 2.57. The standard InChI is InChI=1S/C20H28O8.C18H26O6.C18H28O5/c1-4-19(2,3)18(24)26-10-15(21)25-11-16(22)28-20-7-12-5-13(8-20)17(23)27-14(6-12)9-20;1-4-17(2,3)16(21)22-10-14(19)24-18-7-11-5-12(8-18)15(20)23-13(6-11)9-18;1-4-17(2,3)16(20)21-5-6-22-18-9-12-7-13(10-18)15(19)23-14(8-12)11-18/h12-14H,4-11H2,1-3H3;11-13H,4-10H2,1-3H3;12-14H,4-11H2,1-3H3. The van der Waals surface area contributed by atoms with E-state index in [9.17, 15) is 43.2 Å². The van der Waals surface area contributed by atoms with Crippen LogP contribution >= 0.6 is 0 Å². The number of hydrogen-bond acceptors (Lipinski definition) is 19. The van der Waals surface area contributed by atoms with E-state index in [-0.39, 0.29) is 78.8 Å². The van der Waals surface area contributed by atoms with Crippen molar-refractivity contribution in [1.82, 2.24) is 0 Å². The Morgan fingerprint density at radius 2 is 0.760 bits per heavy atom. The first kappa shape index (κ1) is 57.9. The van der Waals surface area contributed by atoms with E-state index in [2.05, 4.69) is 0 Å². The molecule has 0 spiro atoms. The Balaban J connectivity index is 0.000000165. The molecule has 75 heavy (non-hydrogen) atoms. The van der Waals surface area contributed by atoms with Crippen LogP contribution in [-0.2, 0) is 90.5 Å². The molecule has 420 valence electrons. The van der Waals surface area contributed by atoms with Gasteiger partial charge in [0.05, 0.1) is 46.2 Å². The van der Waals surface area contributed by atoms with Crippen LogP contribution in [0.3, 0.4) is 0 Å². The zero-order valence-corrected chi connectivity index (χ0v) is 45.7. The second-order valence-electron chi connectivity index (χ2n) is 25.1. The van der Waals surface area contributed by atoms with Crippen molar-refractivity contribution in [3.63, 3.8) is 0 Å². The SMILES string of the molecule is CCC(C)(C)C(=O)OCC(=O)OC12CC3CC(C1)OC(=O)C(C3)C2.CCC(C)(C)C(=O)OCC(=O)OCC(=O)OC12CC3CC(C1)OC(=O)C(C3)C2.CCC(C)(C)C(=O)OCCOC12CC3CC(C1)OC(=O)C(C3)C2. The van der Waals surface area contributed by atoms with Gasteiger partial charge in [0.2, 0.25) is 0 Å². The number of ether oxygens (including phenoxy) is 10. The van der Waals surface area contributed by atoms with Gasteiger partial charge in [-0.25, -0.2) is 14.4 Å². The molecule has 6 aliphatic carbocycles. The Labute approximate surface area is 440 Å². The lowest BCUT2D eigenvalue weighted by Gasteiger charge is -2.46. The van der Waals surface area contributed by atoms with Crippen LogP contribution < -0.4 is 0 Å². The van der Waals surface area contributed by atoms with Crippen LogP contribution in [0, 0.1) is 51.8 Å². The molecule has 0 N–H and O–H groups in total. The van der Waals surface area contributed by atoms with Crippen LogP contribution in [0.15, 0.2) is 0 Å². The van der Waals surface area contributed by atoms with Crippen molar-refractivity contribution < 1.29 is 90.5 Å². The van der Waals surface area contributed by atoms with Crippen LogP contribution in [0.5, 0.6) is 0 Å². The average molecular weight is 1060 g/mol. The molecule has 6 heterocycles. The molecule has 0 amide bonds. The van der Waals surface area contributed by atoms with E-state index in [1.165, 1.54) is 0 Å². The van der Waals surface area contributed by atoms with E-state index < -0.39 is 70.5 Å². The fourth-order valence-electron chi connectivity index (χ4n) is 12.9. The van der Waals surface area contributed by atoms with E-state index in [1.807, 2.05) is 34.6 Å². The van der Waals surface area contributed by atoms with Gasteiger partial charge in [0.25, 0.3) is 0 Å². The van der Waals surface area contributed by atoms with Crippen LogP contribution in [0.2, 0.25) is 0 Å². The second kappa shape index (κ2) is 23.0. The third-order valence-corrected chi connectivity index (χ3v) is 17.8. The van der Waals surface area contributed by atoms with Crippen molar-refractivity contribution in [2.75, 3.05) is 33.0 Å². The van der Waals surface area contributed by atoms with Crippen LogP contribution in [-0.4, -0.2) is 122 Å². The van der Waals surface area contributed by atoms with Gasteiger partial charge in [0.1, 0.15) is 36.1 Å². The van der Waals surface area contributed by atoms with E-state index in [0.717, 1.165) is 70.6 Å². The normalized spacial score (nSPS) is 33.6.